The van der Waals surface area contributed by atoms with Gasteiger partial charge in [-0.05, 0) is 0 Å². The zero-order valence-electron chi connectivity index (χ0n) is 8.68. The molecule has 0 fully saturated rings. The van der Waals surface area contributed by atoms with E-state index in [9.17, 15) is 4.79 Å². The first-order chi connectivity index (χ1) is 5.66. The molecule has 0 aromatic carbocycles. The van der Waals surface area contributed by atoms with Crippen molar-refractivity contribution >= 4 is 17.9 Å². The second-order valence-corrected chi connectivity index (χ2v) is 14.1. The van der Waals surface area contributed by atoms with Crippen molar-refractivity contribution in [2.45, 2.75) is 43.5 Å². The van der Waals surface area contributed by atoms with E-state index in [0.29, 0.717) is 4.62 Å². The molecule has 0 saturated heterocycles. The molecule has 0 amide bonds. The number of allylic oxidation sites excluding steroid dienone is 2. The first-order valence-electron chi connectivity index (χ1n) is 4.84. The SMILES string of the molecule is C/C=C/[C](=O)[Ge]([CH2]C)([CH2]C)[CH2]C. The van der Waals surface area contributed by atoms with Crippen molar-refractivity contribution in [3.63, 3.8) is 0 Å². The van der Waals surface area contributed by atoms with Gasteiger partial charge in [-0.1, -0.05) is 0 Å². The van der Waals surface area contributed by atoms with E-state index in [1.807, 2.05) is 13.0 Å². The minimum atomic E-state index is -2.08. The Labute approximate surface area is 78.6 Å². The van der Waals surface area contributed by atoms with Gasteiger partial charge in [-0.3, -0.25) is 0 Å². The fraction of sp³-hybridized carbons (Fsp3) is 0.700. The van der Waals surface area contributed by atoms with Crippen LogP contribution >= 0.6 is 0 Å². The van der Waals surface area contributed by atoms with Gasteiger partial charge in [0.2, 0.25) is 0 Å². The molecule has 0 saturated carbocycles. The number of rotatable bonds is 5. The molecule has 0 spiro atoms. The van der Waals surface area contributed by atoms with E-state index >= 15 is 0 Å². The second kappa shape index (κ2) is 5.57. The molecule has 0 heterocycles. The molecule has 0 unspecified atom stereocenters. The fourth-order valence-corrected chi connectivity index (χ4v) is 8.03. The van der Waals surface area contributed by atoms with Crippen LogP contribution in [0.3, 0.4) is 0 Å². The van der Waals surface area contributed by atoms with Gasteiger partial charge in [0.25, 0.3) is 0 Å². The van der Waals surface area contributed by atoms with Gasteiger partial charge in [0, 0.05) is 0 Å². The van der Waals surface area contributed by atoms with E-state index in [-0.39, 0.29) is 0 Å². The summed E-state index contributed by atoms with van der Waals surface area (Å²) in [6, 6.07) is 0. The van der Waals surface area contributed by atoms with Crippen molar-refractivity contribution in [3.05, 3.63) is 12.2 Å². The van der Waals surface area contributed by atoms with Crippen molar-refractivity contribution in [2.24, 2.45) is 0 Å². The van der Waals surface area contributed by atoms with Crippen LogP contribution in [0.2, 0.25) is 15.8 Å². The number of hydrogen-bond acceptors (Lipinski definition) is 1. The Morgan fingerprint density at radius 2 is 1.58 bits per heavy atom. The van der Waals surface area contributed by atoms with Crippen molar-refractivity contribution in [1.82, 2.24) is 0 Å². The molecule has 0 aliphatic rings. The van der Waals surface area contributed by atoms with E-state index in [0.717, 1.165) is 15.8 Å². The van der Waals surface area contributed by atoms with E-state index in [1.165, 1.54) is 0 Å². The molecule has 0 aliphatic heterocycles. The monoisotopic (exact) mass is 230 g/mol. The average molecular weight is 229 g/mol. The summed E-state index contributed by atoms with van der Waals surface area (Å²) < 4.78 is 0.477. The van der Waals surface area contributed by atoms with Gasteiger partial charge >= 0.3 is 78.3 Å². The molecule has 1 nitrogen and oxygen atoms in total. The molecule has 0 radical (unpaired) electrons. The van der Waals surface area contributed by atoms with Crippen LogP contribution in [0, 0.1) is 0 Å². The summed E-state index contributed by atoms with van der Waals surface area (Å²) in [6.45, 7) is 8.45. The third-order valence-electron chi connectivity index (χ3n) is 2.87. The Bertz CT molecular complexity index is 160. The Morgan fingerprint density at radius 1 is 1.17 bits per heavy atom. The van der Waals surface area contributed by atoms with Gasteiger partial charge < -0.3 is 0 Å². The van der Waals surface area contributed by atoms with Crippen LogP contribution in [-0.4, -0.2) is 17.9 Å². The van der Waals surface area contributed by atoms with Crippen LogP contribution in [0.5, 0.6) is 0 Å². The maximum atomic E-state index is 11.8. The fourth-order valence-electron chi connectivity index (χ4n) is 1.60. The number of carbonyl (C=O) groups is 1. The third kappa shape index (κ3) is 2.48. The summed E-state index contributed by atoms with van der Waals surface area (Å²) in [5, 5.41) is 3.41. The van der Waals surface area contributed by atoms with Gasteiger partial charge in [-0.15, -0.1) is 0 Å². The summed E-state index contributed by atoms with van der Waals surface area (Å²) in [6.07, 6.45) is 3.67. The van der Waals surface area contributed by atoms with Crippen LogP contribution in [-0.2, 0) is 4.79 Å². The molecule has 0 N–H and O–H groups in total. The molecule has 0 aromatic rings. The Morgan fingerprint density at radius 3 is 1.83 bits per heavy atom. The summed E-state index contributed by atoms with van der Waals surface area (Å²) in [5.41, 5.74) is 0. The molecule has 0 atom stereocenters. The second-order valence-electron chi connectivity index (χ2n) is 3.21. The summed E-state index contributed by atoms with van der Waals surface area (Å²) in [7, 11) is 0. The van der Waals surface area contributed by atoms with Gasteiger partial charge in [-0.25, -0.2) is 0 Å². The maximum absolute atomic E-state index is 11.8. The van der Waals surface area contributed by atoms with Crippen molar-refractivity contribution in [3.8, 4) is 0 Å². The predicted octanol–water partition coefficient (Wildman–Crippen LogP) is 3.18. The van der Waals surface area contributed by atoms with Gasteiger partial charge in [0.1, 0.15) is 0 Å². The standard InChI is InChI=1S/C10H20GeO/c1-5-9-10(12)11(6-2,7-3)8-4/h5,9H,6-8H2,1-4H3/b9-5+. The van der Waals surface area contributed by atoms with Crippen molar-refractivity contribution in [1.29, 1.82) is 0 Å². The van der Waals surface area contributed by atoms with Crippen LogP contribution in [0.25, 0.3) is 0 Å². The molecule has 2 heteroatoms. The molecular formula is C10H20GeO. The molecule has 12 heavy (non-hydrogen) atoms. The van der Waals surface area contributed by atoms with E-state index in [1.54, 1.807) is 6.08 Å². The van der Waals surface area contributed by atoms with E-state index in [4.69, 9.17) is 0 Å². The third-order valence-corrected chi connectivity index (χ3v) is 13.9. The zero-order valence-corrected chi connectivity index (χ0v) is 10.8. The molecule has 0 rings (SSSR count). The average Bonchev–Trinajstić information content (AvgIpc) is 2.09. The predicted molar refractivity (Wildman–Crippen MR) is 57.0 cm³/mol. The van der Waals surface area contributed by atoms with Crippen LogP contribution in [0.4, 0.5) is 0 Å². The van der Waals surface area contributed by atoms with Crippen LogP contribution in [0.1, 0.15) is 27.7 Å². The Hall–Kier alpha value is -0.0471. The first kappa shape index (κ1) is 12.0. The van der Waals surface area contributed by atoms with Gasteiger partial charge in [-0.2, -0.15) is 0 Å². The van der Waals surface area contributed by atoms with Crippen molar-refractivity contribution in [2.75, 3.05) is 0 Å². The minimum absolute atomic E-state index is 0.477. The van der Waals surface area contributed by atoms with Gasteiger partial charge in [0.05, 0.1) is 0 Å². The normalized spacial score (nSPS) is 12.3. The zero-order chi connectivity index (χ0) is 9.61. The van der Waals surface area contributed by atoms with Crippen LogP contribution in [0.15, 0.2) is 12.2 Å². The number of hydrogen-bond donors (Lipinski definition) is 0. The topological polar surface area (TPSA) is 17.1 Å². The van der Waals surface area contributed by atoms with E-state index in [2.05, 4.69) is 20.8 Å². The van der Waals surface area contributed by atoms with E-state index < -0.39 is 13.3 Å². The first-order valence-corrected chi connectivity index (χ1v) is 10.3. The molecule has 0 bridgehead atoms. The molecule has 0 aliphatic carbocycles. The van der Waals surface area contributed by atoms with Gasteiger partial charge in [0.15, 0.2) is 0 Å². The summed E-state index contributed by atoms with van der Waals surface area (Å²) >= 11 is -2.08. The summed E-state index contributed by atoms with van der Waals surface area (Å²) in [5.74, 6) is 0. The Balaban J connectivity index is 4.58. The van der Waals surface area contributed by atoms with Crippen molar-refractivity contribution < 1.29 is 4.79 Å². The van der Waals surface area contributed by atoms with Crippen LogP contribution < -0.4 is 0 Å². The summed E-state index contributed by atoms with van der Waals surface area (Å²) in [4.78, 5) is 11.8. The number of carbonyl (C=O) groups excluding carboxylic acids is 1. The Kier molecular flexibility index (Phi) is 5.55. The molecule has 70 valence electrons. The molecule has 0 aromatic heterocycles. The quantitative estimate of drug-likeness (QED) is 0.522. The molecular weight excluding hydrogens is 209 g/mol.